The van der Waals surface area contributed by atoms with E-state index < -0.39 is 0 Å². The molecule has 0 spiro atoms. The zero-order chi connectivity index (χ0) is 10.1. The fourth-order valence-electron chi connectivity index (χ4n) is 1.16. The van der Waals surface area contributed by atoms with Crippen LogP contribution in [0.3, 0.4) is 0 Å². The second-order valence-electron chi connectivity index (χ2n) is 4.27. The SMILES string of the molecule is CC(C)(C)OC(=O)N1CCC1CI. The molecule has 0 N–H and O–H groups in total. The molecule has 1 unspecified atom stereocenters. The minimum absolute atomic E-state index is 0.166. The summed E-state index contributed by atoms with van der Waals surface area (Å²) in [6, 6.07) is 0.399. The number of carbonyl (C=O) groups excluding carboxylic acids is 1. The van der Waals surface area contributed by atoms with Crippen molar-refractivity contribution in [3.05, 3.63) is 0 Å². The molecular weight excluding hydrogens is 281 g/mol. The molecule has 0 radical (unpaired) electrons. The molecule has 1 atom stereocenters. The van der Waals surface area contributed by atoms with Gasteiger partial charge in [0.25, 0.3) is 0 Å². The third kappa shape index (κ3) is 3.00. The topological polar surface area (TPSA) is 29.5 Å². The van der Waals surface area contributed by atoms with Crippen LogP contribution in [0.15, 0.2) is 0 Å². The minimum atomic E-state index is -0.373. The van der Waals surface area contributed by atoms with E-state index >= 15 is 0 Å². The van der Waals surface area contributed by atoms with Crippen LogP contribution in [-0.4, -0.2) is 33.6 Å². The lowest BCUT2D eigenvalue weighted by Gasteiger charge is -2.40. The van der Waals surface area contributed by atoms with Crippen LogP contribution < -0.4 is 0 Å². The highest BCUT2D eigenvalue weighted by Crippen LogP contribution is 2.22. The van der Waals surface area contributed by atoms with E-state index in [1.165, 1.54) is 0 Å². The summed E-state index contributed by atoms with van der Waals surface area (Å²) < 4.78 is 6.25. The largest absolute Gasteiger partial charge is 0.444 e. The highest BCUT2D eigenvalue weighted by molar-refractivity contribution is 14.1. The van der Waals surface area contributed by atoms with Gasteiger partial charge < -0.3 is 9.64 Å². The second kappa shape index (κ2) is 4.02. The summed E-state index contributed by atoms with van der Waals surface area (Å²) in [5.41, 5.74) is -0.373. The number of ether oxygens (including phenoxy) is 1. The molecule has 0 saturated carbocycles. The van der Waals surface area contributed by atoms with E-state index in [1.54, 1.807) is 4.90 Å². The Labute approximate surface area is 92.9 Å². The van der Waals surface area contributed by atoms with Gasteiger partial charge in [0.2, 0.25) is 0 Å². The van der Waals surface area contributed by atoms with Gasteiger partial charge in [-0.15, -0.1) is 0 Å². The lowest BCUT2D eigenvalue weighted by atomic mass is 10.1. The van der Waals surface area contributed by atoms with Crippen molar-refractivity contribution in [1.29, 1.82) is 0 Å². The third-order valence-corrected chi connectivity index (χ3v) is 2.97. The van der Waals surface area contributed by atoms with Crippen molar-refractivity contribution in [2.45, 2.75) is 38.8 Å². The number of hydrogen-bond donors (Lipinski definition) is 0. The first kappa shape index (κ1) is 11.1. The Kier molecular flexibility index (Phi) is 3.43. The molecule has 1 aliphatic rings. The number of rotatable bonds is 1. The normalized spacial score (nSPS) is 22.5. The predicted octanol–water partition coefficient (Wildman–Crippen LogP) is 2.43. The Morgan fingerprint density at radius 1 is 1.62 bits per heavy atom. The number of alkyl halides is 1. The number of amides is 1. The third-order valence-electron chi connectivity index (χ3n) is 1.95. The Bertz CT molecular complexity index is 198. The molecule has 1 aliphatic heterocycles. The Balaban J connectivity index is 2.40. The zero-order valence-corrected chi connectivity index (χ0v) is 10.5. The summed E-state index contributed by atoms with van der Waals surface area (Å²) in [7, 11) is 0. The minimum Gasteiger partial charge on any atom is -0.444 e. The lowest BCUT2D eigenvalue weighted by molar-refractivity contribution is -0.000461. The van der Waals surface area contributed by atoms with E-state index in [9.17, 15) is 4.79 Å². The van der Waals surface area contributed by atoms with Crippen LogP contribution in [-0.2, 0) is 4.74 Å². The van der Waals surface area contributed by atoms with Crippen molar-refractivity contribution >= 4 is 28.7 Å². The summed E-state index contributed by atoms with van der Waals surface area (Å²) in [6.07, 6.45) is 0.947. The smallest absolute Gasteiger partial charge is 0.410 e. The first-order valence-electron chi connectivity index (χ1n) is 4.49. The van der Waals surface area contributed by atoms with Crippen molar-refractivity contribution in [3.8, 4) is 0 Å². The average molecular weight is 297 g/mol. The number of likely N-dealkylation sites (tertiary alicyclic amines) is 1. The molecular formula is C9H16INO2. The maximum Gasteiger partial charge on any atom is 0.410 e. The van der Waals surface area contributed by atoms with Gasteiger partial charge in [-0.2, -0.15) is 0 Å². The molecule has 1 saturated heterocycles. The van der Waals surface area contributed by atoms with Gasteiger partial charge >= 0.3 is 6.09 Å². The van der Waals surface area contributed by atoms with E-state index in [1.807, 2.05) is 20.8 Å². The standard InChI is InChI=1S/C9H16INO2/c1-9(2,3)13-8(12)11-5-4-7(11)6-10/h7H,4-6H2,1-3H3. The predicted molar refractivity (Wildman–Crippen MR) is 60.2 cm³/mol. The molecule has 1 amide bonds. The maximum absolute atomic E-state index is 11.5. The Morgan fingerprint density at radius 2 is 2.23 bits per heavy atom. The molecule has 4 heteroatoms. The molecule has 0 bridgehead atoms. The Morgan fingerprint density at radius 3 is 2.54 bits per heavy atom. The van der Waals surface area contributed by atoms with Crippen LogP contribution in [0.4, 0.5) is 4.79 Å². The van der Waals surface area contributed by atoms with Crippen molar-refractivity contribution in [3.63, 3.8) is 0 Å². The van der Waals surface area contributed by atoms with E-state index in [0.29, 0.717) is 6.04 Å². The molecule has 3 nitrogen and oxygen atoms in total. The highest BCUT2D eigenvalue weighted by Gasteiger charge is 2.34. The van der Waals surface area contributed by atoms with Crippen LogP contribution in [0.5, 0.6) is 0 Å². The summed E-state index contributed by atoms with van der Waals surface area (Å²) in [5.74, 6) is 0. The molecule has 0 aromatic carbocycles. The summed E-state index contributed by atoms with van der Waals surface area (Å²) in [4.78, 5) is 13.3. The van der Waals surface area contributed by atoms with Gasteiger partial charge in [-0.05, 0) is 27.2 Å². The Hall–Kier alpha value is 0. The van der Waals surface area contributed by atoms with Gasteiger partial charge in [-0.25, -0.2) is 4.79 Å². The van der Waals surface area contributed by atoms with Gasteiger partial charge in [-0.1, -0.05) is 22.6 Å². The molecule has 1 rings (SSSR count). The molecule has 0 aromatic rings. The molecule has 1 heterocycles. The van der Waals surface area contributed by atoms with Crippen LogP contribution in [0.2, 0.25) is 0 Å². The van der Waals surface area contributed by atoms with Gasteiger partial charge in [0.15, 0.2) is 0 Å². The van der Waals surface area contributed by atoms with E-state index in [4.69, 9.17) is 4.74 Å². The fraction of sp³-hybridized carbons (Fsp3) is 0.889. The number of hydrogen-bond acceptors (Lipinski definition) is 2. The number of carbonyl (C=O) groups is 1. The van der Waals surface area contributed by atoms with Gasteiger partial charge in [-0.3, -0.25) is 0 Å². The number of halogens is 1. The summed E-state index contributed by atoms with van der Waals surface area (Å²) in [6.45, 7) is 6.53. The van der Waals surface area contributed by atoms with Crippen molar-refractivity contribution in [1.82, 2.24) is 4.90 Å². The van der Waals surface area contributed by atoms with Crippen molar-refractivity contribution < 1.29 is 9.53 Å². The molecule has 0 aliphatic carbocycles. The van der Waals surface area contributed by atoms with E-state index in [-0.39, 0.29) is 11.7 Å². The monoisotopic (exact) mass is 297 g/mol. The van der Waals surface area contributed by atoms with Crippen LogP contribution in [0, 0.1) is 0 Å². The lowest BCUT2D eigenvalue weighted by Crippen LogP contribution is -2.53. The highest BCUT2D eigenvalue weighted by atomic mass is 127. The maximum atomic E-state index is 11.5. The molecule has 13 heavy (non-hydrogen) atoms. The quantitative estimate of drug-likeness (QED) is 0.549. The average Bonchev–Trinajstić information content (AvgIpc) is 1.80. The van der Waals surface area contributed by atoms with Gasteiger partial charge in [0.1, 0.15) is 5.60 Å². The first-order valence-corrected chi connectivity index (χ1v) is 6.02. The van der Waals surface area contributed by atoms with Crippen LogP contribution >= 0.6 is 22.6 Å². The summed E-state index contributed by atoms with van der Waals surface area (Å²) in [5, 5.41) is 0. The molecule has 76 valence electrons. The van der Waals surface area contributed by atoms with Crippen molar-refractivity contribution in [2.24, 2.45) is 0 Å². The van der Waals surface area contributed by atoms with Gasteiger partial charge in [0, 0.05) is 17.0 Å². The van der Waals surface area contributed by atoms with E-state index in [2.05, 4.69) is 22.6 Å². The summed E-state index contributed by atoms with van der Waals surface area (Å²) >= 11 is 2.30. The van der Waals surface area contributed by atoms with Gasteiger partial charge in [0.05, 0.1) is 0 Å². The number of nitrogens with zero attached hydrogens (tertiary/aromatic N) is 1. The first-order chi connectivity index (χ1) is 5.94. The van der Waals surface area contributed by atoms with Crippen LogP contribution in [0.1, 0.15) is 27.2 Å². The second-order valence-corrected chi connectivity index (χ2v) is 5.15. The fourth-order valence-corrected chi connectivity index (χ4v) is 2.08. The molecule has 0 aromatic heterocycles. The van der Waals surface area contributed by atoms with E-state index in [0.717, 1.165) is 17.4 Å². The zero-order valence-electron chi connectivity index (χ0n) is 8.34. The molecule has 1 fully saturated rings. The van der Waals surface area contributed by atoms with Crippen molar-refractivity contribution in [2.75, 3.05) is 11.0 Å². The van der Waals surface area contributed by atoms with Crippen LogP contribution in [0.25, 0.3) is 0 Å².